The zero-order valence-electron chi connectivity index (χ0n) is 15.2. The maximum Gasteiger partial charge on any atom is 0.160 e. The molecule has 0 saturated heterocycles. The molecule has 124 valence electrons. The van der Waals surface area contributed by atoms with Gasteiger partial charge >= 0.3 is 0 Å². The Kier molecular flexibility index (Phi) is 7.61. The minimum atomic E-state index is -0.670. The van der Waals surface area contributed by atoms with Crippen LogP contribution in [0, 0.1) is 16.7 Å². The van der Waals surface area contributed by atoms with Crippen LogP contribution in [0.15, 0.2) is 0 Å². The van der Waals surface area contributed by atoms with Crippen molar-refractivity contribution in [2.45, 2.75) is 60.7 Å². The van der Waals surface area contributed by atoms with Crippen molar-refractivity contribution in [2.24, 2.45) is 16.7 Å². The van der Waals surface area contributed by atoms with Gasteiger partial charge in [-0.1, -0.05) is 41.5 Å². The molecule has 0 saturated carbocycles. The van der Waals surface area contributed by atoms with Crippen LogP contribution < -0.4 is 0 Å². The Labute approximate surface area is 129 Å². The zero-order valence-corrected chi connectivity index (χ0v) is 16.1. The molecule has 0 aliphatic carbocycles. The van der Waals surface area contributed by atoms with E-state index in [1.807, 2.05) is 0 Å². The van der Waals surface area contributed by atoms with Crippen LogP contribution in [0.1, 0.15) is 54.4 Å². The molecule has 2 atom stereocenters. The molecule has 3 heteroatoms. The molecule has 20 heavy (non-hydrogen) atoms. The summed E-state index contributed by atoms with van der Waals surface area (Å²) < 4.78 is 5.78. The summed E-state index contributed by atoms with van der Waals surface area (Å²) >= 11 is 0. The normalized spacial score (nSPS) is 18.9. The summed E-state index contributed by atoms with van der Waals surface area (Å²) in [6.45, 7) is 13.9. The minimum absolute atomic E-state index is 0.188. The maximum atomic E-state index is 10.5. The quantitative estimate of drug-likeness (QED) is 0.528. The van der Waals surface area contributed by atoms with Crippen LogP contribution in [-0.2, 0) is 4.74 Å². The monoisotopic (exact) mass is 306 g/mol. The fourth-order valence-electron chi connectivity index (χ4n) is 2.60. The van der Waals surface area contributed by atoms with Gasteiger partial charge in [-0.15, -0.1) is 0 Å². The highest BCUT2D eigenvalue weighted by molar-refractivity contribution is 8.32. The fourth-order valence-corrected chi connectivity index (χ4v) is 3.58. The number of aliphatic hydroxyl groups is 1. The number of rotatable bonds is 8. The summed E-state index contributed by atoms with van der Waals surface area (Å²) in [7, 11) is -0.464. The predicted molar refractivity (Wildman–Crippen MR) is 93.8 cm³/mol. The van der Waals surface area contributed by atoms with E-state index < -0.39 is 16.3 Å². The van der Waals surface area contributed by atoms with Gasteiger partial charge in [-0.25, -0.2) is 10.0 Å². The maximum absolute atomic E-state index is 10.5. The molecule has 0 radical (unpaired) electrons. The van der Waals surface area contributed by atoms with Crippen LogP contribution in [-0.4, -0.2) is 42.5 Å². The SMILES string of the molecule is CC(C)C(C)(CC(C)(C)C)C(O)OCCCS(C)(C)C. The van der Waals surface area contributed by atoms with Crippen LogP contribution in [0.2, 0.25) is 0 Å². The van der Waals surface area contributed by atoms with E-state index in [4.69, 9.17) is 4.74 Å². The summed E-state index contributed by atoms with van der Waals surface area (Å²) in [6, 6.07) is 0. The van der Waals surface area contributed by atoms with E-state index in [2.05, 4.69) is 60.3 Å². The molecular formula is C17H38O2S. The van der Waals surface area contributed by atoms with Gasteiger partial charge < -0.3 is 9.84 Å². The van der Waals surface area contributed by atoms with Crippen LogP contribution in [0.5, 0.6) is 0 Å². The Morgan fingerprint density at radius 1 is 1.05 bits per heavy atom. The zero-order chi connectivity index (χ0) is 16.2. The van der Waals surface area contributed by atoms with Crippen molar-refractivity contribution in [3.8, 4) is 0 Å². The second kappa shape index (κ2) is 7.51. The van der Waals surface area contributed by atoms with E-state index in [1.54, 1.807) is 0 Å². The van der Waals surface area contributed by atoms with Gasteiger partial charge in [0.05, 0.1) is 6.61 Å². The second-order valence-corrected chi connectivity index (χ2v) is 13.4. The lowest BCUT2D eigenvalue weighted by Gasteiger charge is -2.42. The van der Waals surface area contributed by atoms with E-state index in [0.717, 1.165) is 12.8 Å². The molecule has 0 bridgehead atoms. The van der Waals surface area contributed by atoms with Crippen molar-refractivity contribution < 1.29 is 9.84 Å². The number of aliphatic hydroxyl groups excluding tert-OH is 1. The molecule has 0 aliphatic rings. The molecule has 0 aromatic heterocycles. The lowest BCUT2D eigenvalue weighted by Crippen LogP contribution is -2.42. The van der Waals surface area contributed by atoms with E-state index in [9.17, 15) is 5.11 Å². The van der Waals surface area contributed by atoms with Gasteiger partial charge in [-0.2, -0.15) is 0 Å². The molecular weight excluding hydrogens is 268 g/mol. The Morgan fingerprint density at radius 2 is 1.55 bits per heavy atom. The topological polar surface area (TPSA) is 29.5 Å². The summed E-state index contributed by atoms with van der Waals surface area (Å²) in [6.07, 6.45) is 8.30. The fraction of sp³-hybridized carbons (Fsp3) is 1.00. The molecule has 0 heterocycles. The highest BCUT2D eigenvalue weighted by Gasteiger charge is 2.40. The van der Waals surface area contributed by atoms with Crippen LogP contribution in [0.25, 0.3) is 0 Å². The van der Waals surface area contributed by atoms with Gasteiger partial charge in [0.15, 0.2) is 6.29 Å². The molecule has 0 aliphatic heterocycles. The molecule has 0 aromatic carbocycles. The average molecular weight is 307 g/mol. The van der Waals surface area contributed by atoms with Gasteiger partial charge in [0.2, 0.25) is 0 Å². The van der Waals surface area contributed by atoms with Crippen molar-refractivity contribution in [2.75, 3.05) is 31.1 Å². The largest absolute Gasteiger partial charge is 0.367 e. The Bertz CT molecular complexity index is 276. The molecule has 0 rings (SSSR count). The number of hydrogen-bond acceptors (Lipinski definition) is 2. The first-order valence-corrected chi connectivity index (χ1v) is 10.8. The molecule has 2 nitrogen and oxygen atoms in total. The minimum Gasteiger partial charge on any atom is -0.367 e. The number of ether oxygens (including phenoxy) is 1. The molecule has 0 aromatic rings. The molecule has 1 N–H and O–H groups in total. The lowest BCUT2D eigenvalue weighted by atomic mass is 9.68. The van der Waals surface area contributed by atoms with Gasteiger partial charge in [-0.3, -0.25) is 0 Å². The van der Waals surface area contributed by atoms with Crippen molar-refractivity contribution in [3.63, 3.8) is 0 Å². The van der Waals surface area contributed by atoms with Gasteiger partial charge in [0.1, 0.15) is 0 Å². The first-order valence-electron chi connectivity index (χ1n) is 7.74. The molecule has 0 amide bonds. The Morgan fingerprint density at radius 3 is 1.90 bits per heavy atom. The summed E-state index contributed by atoms with van der Waals surface area (Å²) in [4.78, 5) is 0. The average Bonchev–Trinajstić information content (AvgIpc) is 2.19. The Hall–Kier alpha value is 0.270. The molecule has 0 spiro atoms. The van der Waals surface area contributed by atoms with Gasteiger partial charge in [-0.05, 0) is 48.7 Å². The van der Waals surface area contributed by atoms with Gasteiger partial charge in [0.25, 0.3) is 0 Å². The first-order chi connectivity index (χ1) is 8.78. The van der Waals surface area contributed by atoms with E-state index in [0.29, 0.717) is 12.5 Å². The summed E-state index contributed by atoms with van der Waals surface area (Å²) in [5, 5.41) is 10.5. The predicted octanol–water partition coefficient (Wildman–Crippen LogP) is 4.50. The van der Waals surface area contributed by atoms with E-state index >= 15 is 0 Å². The third-order valence-corrected chi connectivity index (χ3v) is 5.48. The van der Waals surface area contributed by atoms with Crippen LogP contribution >= 0.6 is 10.0 Å². The standard InChI is InChI=1S/C17H38O2S/c1-14(2)17(6,13-16(3,4)5)15(18)19-11-10-12-20(7,8)9/h14-15,18H,10-13H2,1-9H3. The van der Waals surface area contributed by atoms with Crippen molar-refractivity contribution in [1.82, 2.24) is 0 Å². The van der Waals surface area contributed by atoms with Crippen molar-refractivity contribution >= 4 is 10.0 Å². The third kappa shape index (κ3) is 7.90. The second-order valence-electron chi connectivity index (χ2n) is 8.77. The van der Waals surface area contributed by atoms with E-state index in [1.165, 1.54) is 5.75 Å². The lowest BCUT2D eigenvalue weighted by molar-refractivity contribution is -0.193. The Balaban J connectivity index is 4.48. The van der Waals surface area contributed by atoms with Gasteiger partial charge in [0, 0.05) is 5.41 Å². The molecule has 2 unspecified atom stereocenters. The van der Waals surface area contributed by atoms with Crippen LogP contribution in [0.4, 0.5) is 0 Å². The summed E-state index contributed by atoms with van der Waals surface area (Å²) in [5.74, 6) is 1.60. The summed E-state index contributed by atoms with van der Waals surface area (Å²) in [5.41, 5.74) is 0.00571. The first kappa shape index (κ1) is 20.3. The molecule has 0 fully saturated rings. The van der Waals surface area contributed by atoms with Crippen molar-refractivity contribution in [1.29, 1.82) is 0 Å². The van der Waals surface area contributed by atoms with Crippen LogP contribution in [0.3, 0.4) is 0 Å². The highest BCUT2D eigenvalue weighted by atomic mass is 32.3. The highest BCUT2D eigenvalue weighted by Crippen LogP contribution is 2.42. The van der Waals surface area contributed by atoms with Crippen molar-refractivity contribution in [3.05, 3.63) is 0 Å². The third-order valence-electron chi connectivity index (χ3n) is 3.97. The number of hydrogen-bond donors (Lipinski definition) is 1. The van der Waals surface area contributed by atoms with E-state index in [-0.39, 0.29) is 10.8 Å². The smallest absolute Gasteiger partial charge is 0.160 e.